The number of nitrogens with one attached hydrogen (secondary N) is 1. The van der Waals surface area contributed by atoms with Crippen LogP contribution >= 0.6 is 0 Å². The fourth-order valence-corrected chi connectivity index (χ4v) is 5.82. The minimum Gasteiger partial charge on any atom is -0.466 e. The zero-order valence-electron chi connectivity index (χ0n) is 15.1. The van der Waals surface area contributed by atoms with E-state index in [9.17, 15) is 4.79 Å². The maximum atomic E-state index is 11.9. The van der Waals surface area contributed by atoms with Crippen LogP contribution in [-0.2, 0) is 9.53 Å². The van der Waals surface area contributed by atoms with Gasteiger partial charge in [0.05, 0.1) is 13.2 Å². The molecule has 0 heterocycles. The first-order valence-corrected chi connectivity index (χ1v) is 10.2. The summed E-state index contributed by atoms with van der Waals surface area (Å²) < 4.78 is 5.52. The Labute approximate surface area is 146 Å². The Morgan fingerprint density at radius 3 is 2.50 bits per heavy atom. The van der Waals surface area contributed by atoms with Gasteiger partial charge in [0.1, 0.15) is 0 Å². The summed E-state index contributed by atoms with van der Waals surface area (Å²) in [7, 11) is 0. The highest BCUT2D eigenvalue weighted by Crippen LogP contribution is 2.65. The number of hydrogen-bond donors (Lipinski definition) is 2. The third-order valence-corrected chi connectivity index (χ3v) is 6.72. The lowest BCUT2D eigenvalue weighted by molar-refractivity contribution is -0.144. The molecule has 4 heteroatoms. The summed E-state index contributed by atoms with van der Waals surface area (Å²) in [4.78, 5) is 11.9. The van der Waals surface area contributed by atoms with Crippen LogP contribution in [0, 0.1) is 23.2 Å². The van der Waals surface area contributed by atoms with E-state index in [1.165, 1.54) is 32.1 Å². The Kier molecular flexibility index (Phi) is 6.56. The standard InChI is InChI=1S/C20H35NO3/c22-9-8-21-7-4-2-1-3-5-19(23)24-10-6-20-13-16-11-17(14-20)18(12-16)15-20/h16-18,21-22H,1-15H2. The van der Waals surface area contributed by atoms with Crippen molar-refractivity contribution in [3.63, 3.8) is 0 Å². The van der Waals surface area contributed by atoms with E-state index in [-0.39, 0.29) is 12.6 Å². The number of esters is 1. The average molecular weight is 338 g/mol. The number of unbranched alkanes of at least 4 members (excludes halogenated alkanes) is 3. The van der Waals surface area contributed by atoms with E-state index in [0.29, 0.717) is 25.0 Å². The minimum atomic E-state index is 0.000298. The Morgan fingerprint density at radius 2 is 1.79 bits per heavy atom. The molecule has 0 aliphatic heterocycles. The van der Waals surface area contributed by atoms with Gasteiger partial charge in [-0.15, -0.1) is 0 Å². The van der Waals surface area contributed by atoms with Gasteiger partial charge in [-0.2, -0.15) is 0 Å². The number of rotatable bonds is 12. The molecule has 0 radical (unpaired) electrons. The second-order valence-electron chi connectivity index (χ2n) is 8.58. The molecule has 4 fully saturated rings. The van der Waals surface area contributed by atoms with Crippen LogP contribution in [-0.4, -0.2) is 37.4 Å². The van der Waals surface area contributed by atoms with Gasteiger partial charge in [-0.1, -0.05) is 12.8 Å². The zero-order chi connectivity index (χ0) is 16.8. The summed E-state index contributed by atoms with van der Waals surface area (Å²) >= 11 is 0. The largest absolute Gasteiger partial charge is 0.466 e. The van der Waals surface area contributed by atoms with Gasteiger partial charge < -0.3 is 15.2 Å². The minimum absolute atomic E-state index is 0.000298. The van der Waals surface area contributed by atoms with Gasteiger partial charge in [-0.3, -0.25) is 4.79 Å². The highest BCUT2D eigenvalue weighted by Gasteiger charge is 2.55. The first-order chi connectivity index (χ1) is 11.7. The van der Waals surface area contributed by atoms with Crippen LogP contribution in [0.4, 0.5) is 0 Å². The van der Waals surface area contributed by atoms with E-state index >= 15 is 0 Å². The van der Waals surface area contributed by atoms with Crippen molar-refractivity contribution in [2.24, 2.45) is 23.2 Å². The smallest absolute Gasteiger partial charge is 0.305 e. The summed E-state index contributed by atoms with van der Waals surface area (Å²) in [6.45, 7) is 2.48. The van der Waals surface area contributed by atoms with E-state index in [1.807, 2.05) is 0 Å². The number of carbonyl (C=O) groups is 1. The molecule has 0 aromatic carbocycles. The zero-order valence-corrected chi connectivity index (χ0v) is 15.1. The summed E-state index contributed by atoms with van der Waals surface area (Å²) in [5, 5.41) is 11.8. The van der Waals surface area contributed by atoms with Crippen molar-refractivity contribution >= 4 is 5.97 Å². The molecule has 0 amide bonds. The molecular formula is C20H35NO3. The van der Waals surface area contributed by atoms with Crippen molar-refractivity contribution in [3.8, 4) is 0 Å². The Bertz CT molecular complexity index is 392. The Morgan fingerprint density at radius 1 is 1.04 bits per heavy atom. The third-order valence-electron chi connectivity index (χ3n) is 6.72. The summed E-state index contributed by atoms with van der Waals surface area (Å²) in [5.41, 5.74) is 0.540. The molecule has 4 nitrogen and oxygen atoms in total. The van der Waals surface area contributed by atoms with Crippen LogP contribution in [0.15, 0.2) is 0 Å². The lowest BCUT2D eigenvalue weighted by Crippen LogP contribution is -2.29. The van der Waals surface area contributed by atoms with Gasteiger partial charge in [0.2, 0.25) is 0 Å². The topological polar surface area (TPSA) is 58.6 Å². The predicted molar refractivity (Wildman–Crippen MR) is 94.6 cm³/mol. The molecule has 0 aromatic rings. The van der Waals surface area contributed by atoms with Crippen molar-refractivity contribution in [1.29, 1.82) is 0 Å². The van der Waals surface area contributed by atoms with E-state index in [4.69, 9.17) is 9.84 Å². The molecule has 4 rings (SSSR count). The molecule has 4 aliphatic carbocycles. The van der Waals surface area contributed by atoms with Crippen LogP contribution in [0.1, 0.15) is 70.6 Å². The molecular weight excluding hydrogens is 302 g/mol. The summed E-state index contributed by atoms with van der Waals surface area (Å²) in [5.74, 6) is 3.00. The second-order valence-corrected chi connectivity index (χ2v) is 8.58. The third kappa shape index (κ3) is 4.72. The van der Waals surface area contributed by atoms with Gasteiger partial charge >= 0.3 is 5.97 Å². The highest BCUT2D eigenvalue weighted by molar-refractivity contribution is 5.69. The number of aliphatic hydroxyl groups excluding tert-OH is 1. The van der Waals surface area contributed by atoms with Gasteiger partial charge in [-0.05, 0) is 81.1 Å². The van der Waals surface area contributed by atoms with Gasteiger partial charge in [0.15, 0.2) is 0 Å². The molecule has 4 aliphatic rings. The number of carbonyl (C=O) groups excluding carboxylic acids is 1. The molecule has 0 saturated heterocycles. The van der Waals surface area contributed by atoms with Crippen LogP contribution in [0.3, 0.4) is 0 Å². The monoisotopic (exact) mass is 337 g/mol. The molecule has 138 valence electrons. The lowest BCUT2D eigenvalue weighted by Gasteiger charge is -2.38. The quantitative estimate of drug-likeness (QED) is 0.424. The van der Waals surface area contributed by atoms with Crippen molar-refractivity contribution in [3.05, 3.63) is 0 Å². The maximum absolute atomic E-state index is 11.9. The molecule has 2 atom stereocenters. The SMILES string of the molecule is O=C(CCCCCCNCCO)OCCC12CC3CC(C1)C(C3)C2. The van der Waals surface area contributed by atoms with Crippen molar-refractivity contribution in [2.45, 2.75) is 70.6 Å². The fraction of sp³-hybridized carbons (Fsp3) is 0.950. The normalized spacial score (nSPS) is 33.3. The Balaban J connectivity index is 1.19. The molecule has 4 bridgehead atoms. The van der Waals surface area contributed by atoms with E-state index in [2.05, 4.69) is 5.32 Å². The predicted octanol–water partition coefficient (Wildman–Crippen LogP) is 3.28. The molecule has 4 saturated carbocycles. The number of ether oxygens (including phenoxy) is 1. The number of hydrogen-bond acceptors (Lipinski definition) is 4. The van der Waals surface area contributed by atoms with Crippen LogP contribution < -0.4 is 5.32 Å². The van der Waals surface area contributed by atoms with Crippen LogP contribution in [0.25, 0.3) is 0 Å². The van der Waals surface area contributed by atoms with Crippen LogP contribution in [0.5, 0.6) is 0 Å². The summed E-state index contributed by atoms with van der Waals surface area (Å²) in [6.07, 6.45) is 13.2. The van der Waals surface area contributed by atoms with Crippen molar-refractivity contribution in [1.82, 2.24) is 5.32 Å². The van der Waals surface area contributed by atoms with Crippen molar-refractivity contribution < 1.29 is 14.6 Å². The fourth-order valence-electron chi connectivity index (χ4n) is 5.82. The highest BCUT2D eigenvalue weighted by atomic mass is 16.5. The number of aliphatic hydroxyl groups is 1. The maximum Gasteiger partial charge on any atom is 0.305 e. The van der Waals surface area contributed by atoms with Gasteiger partial charge in [-0.25, -0.2) is 0 Å². The Hall–Kier alpha value is -0.610. The van der Waals surface area contributed by atoms with Gasteiger partial charge in [0, 0.05) is 13.0 Å². The second kappa shape index (κ2) is 8.66. The molecule has 2 unspecified atom stereocenters. The average Bonchev–Trinajstić information content (AvgIpc) is 2.97. The van der Waals surface area contributed by atoms with E-state index in [1.54, 1.807) is 0 Å². The van der Waals surface area contributed by atoms with E-state index < -0.39 is 0 Å². The molecule has 24 heavy (non-hydrogen) atoms. The first-order valence-electron chi connectivity index (χ1n) is 10.2. The molecule has 0 spiro atoms. The van der Waals surface area contributed by atoms with Crippen LogP contribution in [0.2, 0.25) is 0 Å². The van der Waals surface area contributed by atoms with Gasteiger partial charge in [0.25, 0.3) is 0 Å². The summed E-state index contributed by atoms with van der Waals surface area (Å²) in [6, 6.07) is 0. The van der Waals surface area contributed by atoms with Crippen molar-refractivity contribution in [2.75, 3.05) is 26.3 Å². The van der Waals surface area contributed by atoms with E-state index in [0.717, 1.165) is 56.4 Å². The molecule has 2 N–H and O–H groups in total. The molecule has 0 aromatic heterocycles. The first kappa shape index (κ1) is 18.2. The lowest BCUT2D eigenvalue weighted by atomic mass is 9.68.